The van der Waals surface area contributed by atoms with E-state index in [1.54, 1.807) is 23.1 Å². The van der Waals surface area contributed by atoms with Gasteiger partial charge in [-0.3, -0.25) is 9.59 Å². The molecule has 0 radical (unpaired) electrons. The van der Waals surface area contributed by atoms with E-state index >= 15 is 0 Å². The fourth-order valence-electron chi connectivity index (χ4n) is 2.77. The van der Waals surface area contributed by atoms with E-state index < -0.39 is 5.97 Å². The highest BCUT2D eigenvalue weighted by atomic mass is 35.5. The molecule has 1 saturated heterocycles. The van der Waals surface area contributed by atoms with Crippen molar-refractivity contribution in [1.82, 2.24) is 9.88 Å². The number of carboxylic acids is 1. The van der Waals surface area contributed by atoms with Gasteiger partial charge in [0, 0.05) is 29.0 Å². The van der Waals surface area contributed by atoms with E-state index in [1.807, 2.05) is 0 Å². The number of piperidine rings is 1. The average molecular weight is 341 g/mol. The molecule has 7 heteroatoms. The number of nitrogens with zero attached hydrogens (tertiary/aromatic N) is 1. The highest BCUT2D eigenvalue weighted by Crippen LogP contribution is 2.31. The lowest BCUT2D eigenvalue weighted by Gasteiger charge is -2.29. The van der Waals surface area contributed by atoms with Crippen LogP contribution in [0.3, 0.4) is 0 Å². The van der Waals surface area contributed by atoms with E-state index in [-0.39, 0.29) is 11.8 Å². The lowest BCUT2D eigenvalue weighted by molar-refractivity contribution is -0.143. The molecule has 0 spiro atoms. The van der Waals surface area contributed by atoms with Gasteiger partial charge >= 0.3 is 5.97 Å². The van der Waals surface area contributed by atoms with Gasteiger partial charge < -0.3 is 15.0 Å². The van der Waals surface area contributed by atoms with E-state index in [1.165, 1.54) is 0 Å². The smallest absolute Gasteiger partial charge is 0.306 e. The van der Waals surface area contributed by atoms with Crippen molar-refractivity contribution in [3.63, 3.8) is 0 Å². The first-order chi connectivity index (χ1) is 10.5. The summed E-state index contributed by atoms with van der Waals surface area (Å²) in [5.74, 6) is -1.38. The number of halogens is 2. The highest BCUT2D eigenvalue weighted by Gasteiger charge is 2.29. The molecule has 0 bridgehead atoms. The molecule has 116 valence electrons. The maximum atomic E-state index is 12.6. The molecular weight excluding hydrogens is 327 g/mol. The van der Waals surface area contributed by atoms with Crippen LogP contribution in [0.4, 0.5) is 0 Å². The third kappa shape index (κ3) is 2.66. The van der Waals surface area contributed by atoms with Crippen molar-refractivity contribution in [3.05, 3.63) is 33.9 Å². The molecule has 1 aromatic carbocycles. The Morgan fingerprint density at radius 2 is 1.91 bits per heavy atom. The molecule has 2 heterocycles. The van der Waals surface area contributed by atoms with Crippen LogP contribution in [0.5, 0.6) is 0 Å². The third-order valence-electron chi connectivity index (χ3n) is 4.04. The number of likely N-dealkylation sites (tertiary alicyclic amines) is 1. The Kier molecular flexibility index (Phi) is 4.02. The number of benzene rings is 1. The second-order valence-electron chi connectivity index (χ2n) is 5.41. The Morgan fingerprint density at radius 3 is 2.55 bits per heavy atom. The number of carbonyl (C=O) groups is 2. The van der Waals surface area contributed by atoms with Crippen LogP contribution in [-0.2, 0) is 4.79 Å². The van der Waals surface area contributed by atoms with Crippen LogP contribution in [0.15, 0.2) is 18.2 Å². The van der Waals surface area contributed by atoms with E-state index in [4.69, 9.17) is 28.3 Å². The minimum Gasteiger partial charge on any atom is -0.481 e. The van der Waals surface area contributed by atoms with Gasteiger partial charge in [0.1, 0.15) is 5.69 Å². The van der Waals surface area contributed by atoms with Gasteiger partial charge in [-0.25, -0.2) is 0 Å². The lowest BCUT2D eigenvalue weighted by Crippen LogP contribution is -2.40. The quantitative estimate of drug-likeness (QED) is 0.879. The predicted octanol–water partition coefficient (Wildman–Crippen LogP) is 3.41. The number of rotatable bonds is 2. The molecule has 5 nitrogen and oxygen atoms in total. The first-order valence-corrected chi connectivity index (χ1v) is 7.72. The largest absolute Gasteiger partial charge is 0.481 e. The highest BCUT2D eigenvalue weighted by molar-refractivity contribution is 6.39. The zero-order chi connectivity index (χ0) is 15.9. The summed E-state index contributed by atoms with van der Waals surface area (Å²) in [5, 5.41) is 10.6. The van der Waals surface area contributed by atoms with Crippen molar-refractivity contribution in [1.29, 1.82) is 0 Å². The fourth-order valence-corrected chi connectivity index (χ4v) is 3.22. The van der Waals surface area contributed by atoms with Crippen LogP contribution in [0.1, 0.15) is 23.3 Å². The molecular formula is C15H14Cl2N2O3. The van der Waals surface area contributed by atoms with Crippen LogP contribution >= 0.6 is 23.2 Å². The molecule has 0 saturated carbocycles. The Bertz CT molecular complexity index is 749. The summed E-state index contributed by atoms with van der Waals surface area (Å²) in [5.41, 5.74) is 1.07. The molecule has 0 aliphatic carbocycles. The van der Waals surface area contributed by atoms with Crippen molar-refractivity contribution >= 4 is 46.0 Å². The number of H-pyrrole nitrogens is 1. The molecule has 0 unspecified atom stereocenters. The number of aromatic nitrogens is 1. The zero-order valence-corrected chi connectivity index (χ0v) is 13.1. The SMILES string of the molecule is O=C(O)C1CCN(C(=O)c2[nH]c3ccc(Cl)cc3c2Cl)CC1. The standard InChI is InChI=1S/C15H14Cl2N2O3/c16-9-1-2-11-10(7-9)12(17)13(18-11)14(20)19-5-3-8(4-6-19)15(21)22/h1-2,7-8,18H,3-6H2,(H,21,22). The molecule has 1 aliphatic rings. The number of carboxylic acid groups (broad SMARTS) is 1. The lowest BCUT2D eigenvalue weighted by atomic mass is 9.97. The second-order valence-corrected chi connectivity index (χ2v) is 6.22. The van der Waals surface area contributed by atoms with Gasteiger partial charge in [0.2, 0.25) is 0 Å². The summed E-state index contributed by atoms with van der Waals surface area (Å²) in [6, 6.07) is 5.21. The number of aliphatic carboxylic acids is 1. The van der Waals surface area contributed by atoms with Gasteiger partial charge in [-0.05, 0) is 31.0 Å². The summed E-state index contributed by atoms with van der Waals surface area (Å²) >= 11 is 12.2. The van der Waals surface area contributed by atoms with E-state index in [0.717, 1.165) is 5.52 Å². The monoisotopic (exact) mass is 340 g/mol. The van der Waals surface area contributed by atoms with Crippen molar-refractivity contribution in [2.45, 2.75) is 12.8 Å². The molecule has 1 fully saturated rings. The van der Waals surface area contributed by atoms with Gasteiger partial charge in [0.15, 0.2) is 0 Å². The summed E-state index contributed by atoms with van der Waals surface area (Å²) in [4.78, 5) is 28.2. The summed E-state index contributed by atoms with van der Waals surface area (Å²) in [7, 11) is 0. The van der Waals surface area contributed by atoms with Gasteiger partial charge in [0.05, 0.1) is 10.9 Å². The number of amides is 1. The molecule has 2 N–H and O–H groups in total. The zero-order valence-electron chi connectivity index (χ0n) is 11.6. The van der Waals surface area contributed by atoms with Crippen LogP contribution in [0.2, 0.25) is 10.0 Å². The average Bonchev–Trinajstić information content (AvgIpc) is 2.83. The van der Waals surface area contributed by atoms with Gasteiger partial charge in [-0.1, -0.05) is 23.2 Å². The van der Waals surface area contributed by atoms with E-state index in [2.05, 4.69) is 4.98 Å². The second kappa shape index (κ2) is 5.82. The first kappa shape index (κ1) is 15.2. The van der Waals surface area contributed by atoms with Crippen molar-refractivity contribution in [2.75, 3.05) is 13.1 Å². The topological polar surface area (TPSA) is 73.4 Å². The Morgan fingerprint density at radius 1 is 1.23 bits per heavy atom. The minimum atomic E-state index is -0.801. The number of hydrogen-bond acceptors (Lipinski definition) is 2. The summed E-state index contributed by atoms with van der Waals surface area (Å²) in [6.07, 6.45) is 0.926. The van der Waals surface area contributed by atoms with E-state index in [0.29, 0.717) is 47.1 Å². The van der Waals surface area contributed by atoms with Crippen LogP contribution in [0.25, 0.3) is 10.9 Å². The Labute approximate surface area is 136 Å². The number of nitrogens with one attached hydrogen (secondary N) is 1. The summed E-state index contributed by atoms with van der Waals surface area (Å²) < 4.78 is 0. The molecule has 2 aromatic rings. The number of aromatic amines is 1. The number of fused-ring (bicyclic) bond motifs is 1. The minimum absolute atomic E-state index is 0.207. The van der Waals surface area contributed by atoms with Crippen LogP contribution in [0, 0.1) is 5.92 Å². The summed E-state index contributed by atoms with van der Waals surface area (Å²) in [6.45, 7) is 0.838. The van der Waals surface area contributed by atoms with Gasteiger partial charge in [-0.2, -0.15) is 0 Å². The fraction of sp³-hybridized carbons (Fsp3) is 0.333. The van der Waals surface area contributed by atoms with Crippen LogP contribution in [-0.4, -0.2) is 40.0 Å². The molecule has 1 aromatic heterocycles. The Balaban J connectivity index is 1.84. The predicted molar refractivity (Wildman–Crippen MR) is 84.6 cm³/mol. The first-order valence-electron chi connectivity index (χ1n) is 6.96. The maximum absolute atomic E-state index is 12.6. The van der Waals surface area contributed by atoms with E-state index in [9.17, 15) is 9.59 Å². The molecule has 22 heavy (non-hydrogen) atoms. The van der Waals surface area contributed by atoms with Crippen molar-refractivity contribution in [2.24, 2.45) is 5.92 Å². The number of hydrogen-bond donors (Lipinski definition) is 2. The molecule has 1 amide bonds. The van der Waals surface area contributed by atoms with Crippen molar-refractivity contribution in [3.8, 4) is 0 Å². The normalized spacial score (nSPS) is 16.2. The number of carbonyl (C=O) groups excluding carboxylic acids is 1. The van der Waals surface area contributed by atoms with Crippen molar-refractivity contribution < 1.29 is 14.7 Å². The van der Waals surface area contributed by atoms with Gasteiger partial charge in [-0.15, -0.1) is 0 Å². The molecule has 3 rings (SSSR count). The maximum Gasteiger partial charge on any atom is 0.306 e. The Hall–Kier alpha value is -1.72. The molecule has 1 aliphatic heterocycles. The van der Waals surface area contributed by atoms with Crippen LogP contribution < -0.4 is 0 Å². The third-order valence-corrected chi connectivity index (χ3v) is 4.67. The van der Waals surface area contributed by atoms with Gasteiger partial charge in [0.25, 0.3) is 5.91 Å². The molecule has 0 atom stereocenters.